The number of hydrogen-bond acceptors (Lipinski definition) is 6. The number of alkyl halides is 3. The summed E-state index contributed by atoms with van der Waals surface area (Å²) in [5.74, 6) is 1.09. The molecule has 2 aromatic carbocycles. The zero-order valence-corrected chi connectivity index (χ0v) is 19.7. The molecule has 3 heterocycles. The minimum atomic E-state index is -4.39. The predicted molar refractivity (Wildman–Crippen MR) is 127 cm³/mol. The molecule has 1 aliphatic rings. The van der Waals surface area contributed by atoms with Gasteiger partial charge in [0.05, 0.1) is 11.3 Å². The molecule has 0 radical (unpaired) electrons. The van der Waals surface area contributed by atoms with Crippen LogP contribution in [0.25, 0.3) is 11.1 Å². The molecule has 0 unspecified atom stereocenters. The Morgan fingerprint density at radius 1 is 1.03 bits per heavy atom. The Labute approximate surface area is 203 Å². The third kappa shape index (κ3) is 5.02. The van der Waals surface area contributed by atoms with E-state index < -0.39 is 11.7 Å². The average Bonchev–Trinajstić information content (AvgIpc) is 3.50. The summed E-state index contributed by atoms with van der Waals surface area (Å²) in [5, 5.41) is 0.532. The maximum atomic E-state index is 13.0. The molecule has 1 aliphatic heterocycles. The van der Waals surface area contributed by atoms with Crippen LogP contribution in [-0.2, 0) is 11.9 Å². The minimum absolute atomic E-state index is 0.234. The second-order valence-electron chi connectivity index (χ2n) is 8.28. The van der Waals surface area contributed by atoms with Gasteiger partial charge in [0.2, 0.25) is 0 Å². The standard InChI is InChI=1S/C25H22F3N3O3S/c1-16-4-2-7-20-22(16)29-24(34-20)35-15-19-8-9-21(33-19)23(32)31-12-10-30(11-13-31)18-6-3-5-17(14-18)25(26,27)28/h2-9,14H,10-13,15H2,1H3. The number of piperazine rings is 1. The highest BCUT2D eigenvalue weighted by Gasteiger charge is 2.31. The van der Waals surface area contributed by atoms with Crippen molar-refractivity contribution in [3.05, 3.63) is 77.2 Å². The highest BCUT2D eigenvalue weighted by Crippen LogP contribution is 2.32. The topological polar surface area (TPSA) is 62.7 Å². The first-order valence-corrected chi connectivity index (χ1v) is 12.1. The van der Waals surface area contributed by atoms with E-state index in [0.717, 1.165) is 28.8 Å². The Morgan fingerprint density at radius 2 is 1.80 bits per heavy atom. The van der Waals surface area contributed by atoms with Gasteiger partial charge in [0.15, 0.2) is 11.3 Å². The molecule has 1 saturated heterocycles. The lowest BCUT2D eigenvalue weighted by Gasteiger charge is -2.36. The highest BCUT2D eigenvalue weighted by molar-refractivity contribution is 7.98. The van der Waals surface area contributed by atoms with Crippen LogP contribution in [0.15, 0.2) is 68.7 Å². The van der Waals surface area contributed by atoms with E-state index in [2.05, 4.69) is 4.98 Å². The summed E-state index contributed by atoms with van der Waals surface area (Å²) in [6.07, 6.45) is -4.39. The number of halogens is 3. The van der Waals surface area contributed by atoms with E-state index in [0.29, 0.717) is 48.6 Å². The van der Waals surface area contributed by atoms with Gasteiger partial charge in [0, 0.05) is 31.9 Å². The second-order valence-corrected chi connectivity index (χ2v) is 9.21. The van der Waals surface area contributed by atoms with Crippen molar-refractivity contribution in [2.45, 2.75) is 24.1 Å². The van der Waals surface area contributed by atoms with Crippen molar-refractivity contribution in [1.29, 1.82) is 0 Å². The molecule has 2 aromatic heterocycles. The molecule has 1 amide bonds. The van der Waals surface area contributed by atoms with E-state index in [4.69, 9.17) is 8.83 Å². The van der Waals surface area contributed by atoms with Crippen LogP contribution in [0.1, 0.15) is 27.4 Å². The molecular formula is C25H22F3N3O3S. The van der Waals surface area contributed by atoms with Gasteiger partial charge in [-0.2, -0.15) is 13.2 Å². The molecule has 10 heteroatoms. The van der Waals surface area contributed by atoms with Crippen LogP contribution in [0.3, 0.4) is 0 Å². The molecule has 0 atom stereocenters. The molecule has 0 aliphatic carbocycles. The lowest BCUT2D eigenvalue weighted by molar-refractivity contribution is -0.137. The quantitative estimate of drug-likeness (QED) is 0.313. The van der Waals surface area contributed by atoms with E-state index in [1.54, 1.807) is 23.1 Å². The molecule has 35 heavy (non-hydrogen) atoms. The lowest BCUT2D eigenvalue weighted by Crippen LogP contribution is -2.48. The summed E-state index contributed by atoms with van der Waals surface area (Å²) >= 11 is 1.39. The van der Waals surface area contributed by atoms with Gasteiger partial charge in [-0.1, -0.05) is 30.0 Å². The van der Waals surface area contributed by atoms with Crippen LogP contribution in [-0.4, -0.2) is 42.0 Å². The first-order chi connectivity index (χ1) is 16.8. The largest absolute Gasteiger partial charge is 0.455 e. The van der Waals surface area contributed by atoms with Crippen molar-refractivity contribution in [2.75, 3.05) is 31.1 Å². The van der Waals surface area contributed by atoms with Gasteiger partial charge in [-0.25, -0.2) is 4.98 Å². The molecular weight excluding hydrogens is 479 g/mol. The van der Waals surface area contributed by atoms with Crippen LogP contribution in [0.5, 0.6) is 0 Å². The number of rotatable bonds is 5. The summed E-state index contributed by atoms with van der Waals surface area (Å²) in [7, 11) is 0. The van der Waals surface area contributed by atoms with Crippen LogP contribution >= 0.6 is 11.8 Å². The summed E-state index contributed by atoms with van der Waals surface area (Å²) < 4.78 is 50.6. The maximum absolute atomic E-state index is 13.0. The van der Waals surface area contributed by atoms with Gasteiger partial charge in [-0.3, -0.25) is 4.79 Å². The summed E-state index contributed by atoms with van der Waals surface area (Å²) in [5.41, 5.74) is 2.42. The number of fused-ring (bicyclic) bond motifs is 1. The number of furan rings is 1. The van der Waals surface area contributed by atoms with E-state index in [-0.39, 0.29) is 11.7 Å². The molecule has 6 nitrogen and oxygen atoms in total. The molecule has 0 N–H and O–H groups in total. The van der Waals surface area contributed by atoms with Gasteiger partial charge in [-0.15, -0.1) is 0 Å². The maximum Gasteiger partial charge on any atom is 0.416 e. The Balaban J connectivity index is 1.17. The molecule has 5 rings (SSSR count). The number of oxazole rings is 1. The summed E-state index contributed by atoms with van der Waals surface area (Å²) in [6, 6.07) is 14.4. The van der Waals surface area contributed by atoms with E-state index in [1.165, 1.54) is 17.8 Å². The monoisotopic (exact) mass is 501 g/mol. The van der Waals surface area contributed by atoms with E-state index >= 15 is 0 Å². The Morgan fingerprint density at radius 3 is 2.54 bits per heavy atom. The molecule has 182 valence electrons. The number of carbonyl (C=O) groups is 1. The Kier molecular flexibility index (Phi) is 6.22. The number of amides is 1. The molecule has 1 fully saturated rings. The molecule has 0 saturated carbocycles. The third-order valence-corrected chi connectivity index (χ3v) is 6.77. The Hall–Kier alpha value is -3.40. The predicted octanol–water partition coefficient (Wildman–Crippen LogP) is 6.00. The summed E-state index contributed by atoms with van der Waals surface area (Å²) in [6.45, 7) is 3.63. The van der Waals surface area contributed by atoms with Crippen molar-refractivity contribution in [2.24, 2.45) is 0 Å². The van der Waals surface area contributed by atoms with Crippen LogP contribution < -0.4 is 4.90 Å². The van der Waals surface area contributed by atoms with Gasteiger partial charge < -0.3 is 18.6 Å². The molecule has 0 spiro atoms. The number of nitrogens with zero attached hydrogens (tertiary/aromatic N) is 3. The smallest absolute Gasteiger partial charge is 0.416 e. The second kappa shape index (κ2) is 9.33. The van der Waals surface area contributed by atoms with Gasteiger partial charge >= 0.3 is 6.18 Å². The van der Waals surface area contributed by atoms with E-state index in [1.807, 2.05) is 30.0 Å². The fourth-order valence-corrected chi connectivity index (χ4v) is 4.76. The number of aromatic nitrogens is 1. The van der Waals surface area contributed by atoms with Crippen molar-refractivity contribution in [3.8, 4) is 0 Å². The van der Waals surface area contributed by atoms with Gasteiger partial charge in [0.1, 0.15) is 11.3 Å². The van der Waals surface area contributed by atoms with Crippen LogP contribution in [0.2, 0.25) is 0 Å². The number of benzene rings is 2. The number of carbonyl (C=O) groups excluding carboxylic acids is 1. The zero-order valence-electron chi connectivity index (χ0n) is 18.8. The van der Waals surface area contributed by atoms with Crippen molar-refractivity contribution in [1.82, 2.24) is 9.88 Å². The zero-order chi connectivity index (χ0) is 24.6. The first-order valence-electron chi connectivity index (χ1n) is 11.1. The molecule has 4 aromatic rings. The number of anilines is 1. The van der Waals surface area contributed by atoms with Crippen LogP contribution in [0, 0.1) is 6.92 Å². The molecule has 0 bridgehead atoms. The first kappa shape index (κ1) is 23.3. The third-order valence-electron chi connectivity index (χ3n) is 5.92. The summed E-state index contributed by atoms with van der Waals surface area (Å²) in [4.78, 5) is 20.9. The van der Waals surface area contributed by atoms with E-state index in [9.17, 15) is 18.0 Å². The van der Waals surface area contributed by atoms with Crippen molar-refractivity contribution in [3.63, 3.8) is 0 Å². The highest BCUT2D eigenvalue weighted by atomic mass is 32.2. The van der Waals surface area contributed by atoms with Crippen molar-refractivity contribution < 1.29 is 26.8 Å². The minimum Gasteiger partial charge on any atom is -0.455 e. The average molecular weight is 502 g/mol. The van der Waals surface area contributed by atoms with Crippen molar-refractivity contribution >= 4 is 34.5 Å². The van der Waals surface area contributed by atoms with Crippen LogP contribution in [0.4, 0.5) is 18.9 Å². The number of aryl methyl sites for hydroxylation is 1. The SMILES string of the molecule is Cc1cccc2oc(SCc3ccc(C(=O)N4CCN(c5cccc(C(F)(F)F)c5)CC4)o3)nc12. The number of thioether (sulfide) groups is 1. The number of para-hydroxylation sites is 1. The van der Waals surface area contributed by atoms with Gasteiger partial charge in [0.25, 0.3) is 11.1 Å². The number of hydrogen-bond donors (Lipinski definition) is 0. The Bertz CT molecular complexity index is 1360. The lowest BCUT2D eigenvalue weighted by atomic mass is 10.1. The fourth-order valence-electron chi connectivity index (χ4n) is 4.03. The fraction of sp³-hybridized carbons (Fsp3) is 0.280. The normalized spacial score (nSPS) is 14.6. The van der Waals surface area contributed by atoms with Gasteiger partial charge in [-0.05, 0) is 48.9 Å².